The summed E-state index contributed by atoms with van der Waals surface area (Å²) in [6.07, 6.45) is -2.98. The van der Waals surface area contributed by atoms with Gasteiger partial charge in [0.25, 0.3) is 0 Å². The number of nitrogens with zero attached hydrogens (tertiary/aromatic N) is 1. The topological polar surface area (TPSA) is 39.2 Å². The highest BCUT2D eigenvalue weighted by molar-refractivity contribution is 5.77. The largest absolute Gasteiger partial charge is 0.466 e. The first-order valence-corrected chi connectivity index (χ1v) is 5.63. The van der Waals surface area contributed by atoms with E-state index in [0.717, 1.165) is 12.3 Å². The Morgan fingerprint density at radius 2 is 2.22 bits per heavy atom. The van der Waals surface area contributed by atoms with Crippen molar-refractivity contribution in [3.63, 3.8) is 0 Å². The Morgan fingerprint density at radius 1 is 1.50 bits per heavy atom. The number of ether oxygens (including phenoxy) is 1. The average Bonchev–Trinajstić information content (AvgIpc) is 3.08. The van der Waals surface area contributed by atoms with Gasteiger partial charge in [-0.05, 0) is 25.5 Å². The van der Waals surface area contributed by atoms with Gasteiger partial charge in [0.1, 0.15) is 0 Å². The third-order valence-corrected chi connectivity index (χ3v) is 2.87. The van der Waals surface area contributed by atoms with Gasteiger partial charge in [-0.15, -0.1) is 0 Å². The number of esters is 1. The molecular formula is C12H12F3NO2. The number of hydrogen-bond donors (Lipinski definition) is 0. The maximum absolute atomic E-state index is 12.3. The molecule has 0 spiro atoms. The van der Waals surface area contributed by atoms with Gasteiger partial charge in [0, 0.05) is 17.8 Å². The fraction of sp³-hybridized carbons (Fsp3) is 0.500. The number of rotatable bonds is 3. The molecule has 0 N–H and O–H groups in total. The summed E-state index contributed by atoms with van der Waals surface area (Å²) < 4.78 is 41.8. The van der Waals surface area contributed by atoms with Crippen molar-refractivity contribution in [3.05, 3.63) is 29.6 Å². The Morgan fingerprint density at radius 3 is 2.72 bits per heavy atom. The molecule has 1 saturated carbocycles. The van der Waals surface area contributed by atoms with Crippen molar-refractivity contribution >= 4 is 5.97 Å². The number of halogens is 3. The van der Waals surface area contributed by atoms with Gasteiger partial charge in [-0.2, -0.15) is 13.2 Å². The molecular weight excluding hydrogens is 247 g/mol. The predicted molar refractivity (Wildman–Crippen MR) is 56.7 cm³/mol. The lowest BCUT2D eigenvalue weighted by atomic mass is 10.2. The summed E-state index contributed by atoms with van der Waals surface area (Å²) in [5, 5.41) is 0. The minimum Gasteiger partial charge on any atom is -0.466 e. The maximum Gasteiger partial charge on any atom is 0.417 e. The highest BCUT2D eigenvalue weighted by Gasteiger charge is 2.46. The van der Waals surface area contributed by atoms with E-state index >= 15 is 0 Å². The molecule has 2 unspecified atom stereocenters. The average molecular weight is 259 g/mol. The lowest BCUT2D eigenvalue weighted by Crippen LogP contribution is -2.08. The van der Waals surface area contributed by atoms with Crippen molar-refractivity contribution < 1.29 is 22.7 Å². The van der Waals surface area contributed by atoms with Crippen LogP contribution in [0.2, 0.25) is 0 Å². The first-order chi connectivity index (χ1) is 8.43. The molecule has 0 radical (unpaired) electrons. The second kappa shape index (κ2) is 4.59. The number of hydrogen-bond acceptors (Lipinski definition) is 3. The van der Waals surface area contributed by atoms with Crippen LogP contribution in [0.25, 0.3) is 0 Å². The maximum atomic E-state index is 12.3. The van der Waals surface area contributed by atoms with Crippen LogP contribution >= 0.6 is 0 Å². The van der Waals surface area contributed by atoms with Crippen LogP contribution in [0.15, 0.2) is 18.3 Å². The van der Waals surface area contributed by atoms with E-state index in [1.165, 1.54) is 6.07 Å². The van der Waals surface area contributed by atoms with E-state index in [9.17, 15) is 18.0 Å². The highest BCUT2D eigenvalue weighted by Crippen LogP contribution is 2.47. The van der Waals surface area contributed by atoms with Crippen LogP contribution < -0.4 is 0 Å². The number of carbonyl (C=O) groups excluding carboxylic acids is 1. The third kappa shape index (κ3) is 2.63. The van der Waals surface area contributed by atoms with Crippen molar-refractivity contribution in [3.8, 4) is 0 Å². The van der Waals surface area contributed by atoms with Crippen molar-refractivity contribution in [1.82, 2.24) is 4.98 Å². The molecule has 18 heavy (non-hydrogen) atoms. The Kier molecular flexibility index (Phi) is 3.28. The summed E-state index contributed by atoms with van der Waals surface area (Å²) in [6.45, 7) is 2.02. The molecule has 2 atom stereocenters. The second-order valence-corrected chi connectivity index (χ2v) is 4.17. The molecule has 98 valence electrons. The Bertz CT molecular complexity index is 442. The molecule has 0 saturated heterocycles. The van der Waals surface area contributed by atoms with Gasteiger partial charge in [-0.1, -0.05) is 0 Å². The van der Waals surface area contributed by atoms with E-state index in [1.54, 1.807) is 6.92 Å². The van der Waals surface area contributed by atoms with Gasteiger partial charge in [-0.3, -0.25) is 9.78 Å². The number of pyridine rings is 1. The highest BCUT2D eigenvalue weighted by atomic mass is 19.4. The monoisotopic (exact) mass is 259 g/mol. The van der Waals surface area contributed by atoms with Crippen LogP contribution in [0.4, 0.5) is 13.2 Å². The van der Waals surface area contributed by atoms with Gasteiger partial charge in [0.15, 0.2) is 0 Å². The summed E-state index contributed by atoms with van der Waals surface area (Å²) in [6, 6.07) is 2.32. The van der Waals surface area contributed by atoms with Crippen LogP contribution in [0.3, 0.4) is 0 Å². The lowest BCUT2D eigenvalue weighted by molar-refractivity contribution is -0.144. The normalized spacial score (nSPS) is 22.7. The van der Waals surface area contributed by atoms with Crippen LogP contribution in [0.5, 0.6) is 0 Å². The minimum absolute atomic E-state index is 0.105. The van der Waals surface area contributed by atoms with Crippen molar-refractivity contribution in [1.29, 1.82) is 0 Å². The molecule has 3 nitrogen and oxygen atoms in total. The summed E-state index contributed by atoms with van der Waals surface area (Å²) >= 11 is 0. The van der Waals surface area contributed by atoms with E-state index in [-0.39, 0.29) is 17.8 Å². The van der Waals surface area contributed by atoms with Gasteiger partial charge in [-0.25, -0.2) is 0 Å². The van der Waals surface area contributed by atoms with Gasteiger partial charge >= 0.3 is 12.1 Å². The number of carbonyl (C=O) groups is 1. The molecule has 2 rings (SSSR count). The molecule has 1 aliphatic rings. The Hall–Kier alpha value is -1.59. The van der Waals surface area contributed by atoms with E-state index in [1.807, 2.05) is 0 Å². The number of alkyl halides is 3. The first-order valence-electron chi connectivity index (χ1n) is 5.63. The summed E-state index contributed by atoms with van der Waals surface area (Å²) in [4.78, 5) is 15.2. The SMILES string of the molecule is CCOC(=O)C1CC1c1ccc(C(F)(F)F)cn1. The van der Waals surface area contributed by atoms with Crippen molar-refractivity contribution in [2.24, 2.45) is 5.92 Å². The predicted octanol–water partition coefficient (Wildman–Crippen LogP) is 2.77. The molecule has 6 heteroatoms. The van der Waals surface area contributed by atoms with E-state index in [4.69, 9.17) is 4.74 Å². The fourth-order valence-corrected chi connectivity index (χ4v) is 1.82. The van der Waals surface area contributed by atoms with E-state index < -0.39 is 11.7 Å². The quantitative estimate of drug-likeness (QED) is 0.783. The number of aromatic nitrogens is 1. The standard InChI is InChI=1S/C12H12F3NO2/c1-2-18-11(17)9-5-8(9)10-4-3-7(6-16-10)12(13,14)15/h3-4,6,8-9H,2,5H2,1H3. The van der Waals surface area contributed by atoms with Gasteiger partial charge < -0.3 is 4.74 Å². The molecule has 0 amide bonds. The summed E-state index contributed by atoms with van der Waals surface area (Å²) in [7, 11) is 0. The fourth-order valence-electron chi connectivity index (χ4n) is 1.82. The molecule has 1 aromatic heterocycles. The first kappa shape index (κ1) is 12.9. The van der Waals surface area contributed by atoms with Crippen molar-refractivity contribution in [2.45, 2.75) is 25.4 Å². The summed E-state index contributed by atoms with van der Waals surface area (Å²) in [5.41, 5.74) is -0.263. The zero-order chi connectivity index (χ0) is 13.3. The molecule has 0 bridgehead atoms. The molecule has 0 aromatic carbocycles. The Balaban J connectivity index is 2.03. The van der Waals surface area contributed by atoms with Crippen LogP contribution in [0.1, 0.15) is 30.5 Å². The minimum atomic E-state index is -4.38. The molecule has 1 heterocycles. The zero-order valence-electron chi connectivity index (χ0n) is 9.70. The van der Waals surface area contributed by atoms with Crippen molar-refractivity contribution in [2.75, 3.05) is 6.61 Å². The van der Waals surface area contributed by atoms with Crippen LogP contribution in [0, 0.1) is 5.92 Å². The van der Waals surface area contributed by atoms with Crippen LogP contribution in [-0.4, -0.2) is 17.6 Å². The zero-order valence-corrected chi connectivity index (χ0v) is 9.70. The van der Waals surface area contributed by atoms with Gasteiger partial charge in [0.2, 0.25) is 0 Å². The summed E-state index contributed by atoms with van der Waals surface area (Å²) in [5.74, 6) is -0.662. The lowest BCUT2D eigenvalue weighted by Gasteiger charge is -2.06. The van der Waals surface area contributed by atoms with Gasteiger partial charge in [0.05, 0.1) is 18.1 Å². The van der Waals surface area contributed by atoms with Crippen LogP contribution in [-0.2, 0) is 15.7 Å². The molecule has 0 aliphatic heterocycles. The molecule has 1 aromatic rings. The second-order valence-electron chi connectivity index (χ2n) is 4.17. The molecule has 1 fully saturated rings. The van der Waals surface area contributed by atoms with E-state index in [0.29, 0.717) is 18.7 Å². The smallest absolute Gasteiger partial charge is 0.417 e. The Labute approximate surface area is 102 Å². The van der Waals surface area contributed by atoms with E-state index in [2.05, 4.69) is 4.98 Å². The molecule has 1 aliphatic carbocycles. The third-order valence-electron chi connectivity index (χ3n) is 2.87.